The topological polar surface area (TPSA) is 113 Å². The van der Waals surface area contributed by atoms with Gasteiger partial charge in [-0.15, -0.1) is 0 Å². The molecule has 3 rings (SSSR count). The molecule has 1 heterocycles. The standard InChI is InChI=1S/C21H29N5O3/c1-3-4-12-26-19(22)18(20(28)24-21(26)29)25(2)13-17(27)23-16-11-7-9-14-8-5-6-10-15(14)16/h5-6,8,10,16H,3-4,7,9,11-13,22H2,1-2H3,(H,23,27)(H,24,28,29). The summed E-state index contributed by atoms with van der Waals surface area (Å²) < 4.78 is 1.35. The van der Waals surface area contributed by atoms with Gasteiger partial charge in [0.1, 0.15) is 11.5 Å². The van der Waals surface area contributed by atoms with Crippen LogP contribution in [0, 0.1) is 0 Å². The highest BCUT2D eigenvalue weighted by Gasteiger charge is 2.23. The van der Waals surface area contributed by atoms with E-state index in [-0.39, 0.29) is 30.0 Å². The number of aromatic amines is 1. The fourth-order valence-electron chi connectivity index (χ4n) is 3.92. The second-order valence-corrected chi connectivity index (χ2v) is 7.57. The Labute approximate surface area is 169 Å². The second-order valence-electron chi connectivity index (χ2n) is 7.57. The van der Waals surface area contributed by atoms with Crippen LogP contribution in [0.4, 0.5) is 11.5 Å². The van der Waals surface area contributed by atoms with E-state index in [0.29, 0.717) is 6.54 Å². The van der Waals surface area contributed by atoms with E-state index in [1.165, 1.54) is 15.0 Å². The number of nitrogens with two attached hydrogens (primary N) is 1. The Bertz CT molecular complexity index is 995. The van der Waals surface area contributed by atoms with Crippen molar-refractivity contribution in [3.05, 3.63) is 56.2 Å². The number of fused-ring (bicyclic) bond motifs is 1. The van der Waals surface area contributed by atoms with Crippen molar-refractivity contribution in [3.8, 4) is 0 Å². The lowest BCUT2D eigenvalue weighted by atomic mass is 9.88. The highest BCUT2D eigenvalue weighted by atomic mass is 16.2. The third-order valence-corrected chi connectivity index (χ3v) is 5.42. The molecule has 1 atom stereocenters. The van der Waals surface area contributed by atoms with E-state index in [1.807, 2.05) is 19.1 Å². The lowest BCUT2D eigenvalue weighted by molar-refractivity contribution is -0.120. The van der Waals surface area contributed by atoms with Gasteiger partial charge in [-0.3, -0.25) is 19.1 Å². The molecule has 29 heavy (non-hydrogen) atoms. The van der Waals surface area contributed by atoms with Crippen LogP contribution in [0.3, 0.4) is 0 Å². The summed E-state index contributed by atoms with van der Waals surface area (Å²) in [5.74, 6) is -0.107. The normalized spacial score (nSPS) is 15.6. The predicted molar refractivity (Wildman–Crippen MR) is 114 cm³/mol. The average molecular weight is 399 g/mol. The molecule has 0 spiro atoms. The number of nitrogen functional groups attached to an aromatic ring is 1. The summed E-state index contributed by atoms with van der Waals surface area (Å²) in [6, 6.07) is 8.11. The summed E-state index contributed by atoms with van der Waals surface area (Å²) in [5.41, 5.74) is 7.56. The van der Waals surface area contributed by atoms with Gasteiger partial charge in [-0.05, 0) is 36.8 Å². The molecule has 1 amide bonds. The second kappa shape index (κ2) is 8.98. The van der Waals surface area contributed by atoms with Gasteiger partial charge in [0.2, 0.25) is 5.91 Å². The van der Waals surface area contributed by atoms with Gasteiger partial charge in [0.15, 0.2) is 0 Å². The molecule has 0 aliphatic heterocycles. The molecule has 1 aliphatic rings. The van der Waals surface area contributed by atoms with Crippen molar-refractivity contribution in [2.75, 3.05) is 24.2 Å². The summed E-state index contributed by atoms with van der Waals surface area (Å²) in [6.07, 6.45) is 4.58. The third kappa shape index (κ3) is 4.52. The van der Waals surface area contributed by atoms with Gasteiger partial charge in [-0.1, -0.05) is 37.6 Å². The van der Waals surface area contributed by atoms with Crippen molar-refractivity contribution in [2.45, 2.75) is 51.6 Å². The monoisotopic (exact) mass is 399 g/mol. The maximum Gasteiger partial charge on any atom is 0.330 e. The SMILES string of the molecule is CCCCn1c(N)c(N(C)CC(=O)NC2CCCc3ccccc32)c(=O)[nH]c1=O. The molecule has 0 saturated carbocycles. The van der Waals surface area contributed by atoms with E-state index in [0.717, 1.165) is 37.7 Å². The molecular formula is C21H29N5O3. The van der Waals surface area contributed by atoms with Gasteiger partial charge < -0.3 is 16.0 Å². The van der Waals surface area contributed by atoms with Crippen molar-refractivity contribution in [3.63, 3.8) is 0 Å². The predicted octanol–water partition coefficient (Wildman–Crippen LogP) is 1.55. The summed E-state index contributed by atoms with van der Waals surface area (Å²) in [6.45, 7) is 2.40. The van der Waals surface area contributed by atoms with E-state index in [1.54, 1.807) is 7.05 Å². The van der Waals surface area contributed by atoms with Crippen LogP contribution in [0.25, 0.3) is 0 Å². The quantitative estimate of drug-likeness (QED) is 0.654. The Morgan fingerprint density at radius 1 is 1.34 bits per heavy atom. The van der Waals surface area contributed by atoms with Crippen LogP contribution >= 0.6 is 0 Å². The molecule has 1 aliphatic carbocycles. The minimum absolute atomic E-state index is 0.0298. The molecule has 1 aromatic carbocycles. The molecule has 0 radical (unpaired) electrons. The number of benzene rings is 1. The molecule has 1 aromatic heterocycles. The van der Waals surface area contributed by atoms with Crippen LogP contribution in [0.15, 0.2) is 33.9 Å². The highest BCUT2D eigenvalue weighted by molar-refractivity contribution is 5.82. The third-order valence-electron chi connectivity index (χ3n) is 5.42. The van der Waals surface area contributed by atoms with E-state index < -0.39 is 11.2 Å². The van der Waals surface area contributed by atoms with Crippen LogP contribution in [0.2, 0.25) is 0 Å². The number of carbonyl (C=O) groups is 1. The zero-order valence-electron chi connectivity index (χ0n) is 17.0. The average Bonchev–Trinajstić information content (AvgIpc) is 2.67. The number of hydrogen-bond acceptors (Lipinski definition) is 5. The summed E-state index contributed by atoms with van der Waals surface area (Å²) in [7, 11) is 1.63. The number of rotatable bonds is 7. The van der Waals surface area contributed by atoms with Crippen LogP contribution in [-0.2, 0) is 17.8 Å². The summed E-state index contributed by atoms with van der Waals surface area (Å²) >= 11 is 0. The van der Waals surface area contributed by atoms with Crippen molar-refractivity contribution >= 4 is 17.4 Å². The van der Waals surface area contributed by atoms with Gasteiger partial charge >= 0.3 is 5.69 Å². The van der Waals surface area contributed by atoms with Crippen LogP contribution in [0.1, 0.15) is 49.8 Å². The Balaban J connectivity index is 1.75. The van der Waals surface area contributed by atoms with Crippen LogP contribution in [0.5, 0.6) is 0 Å². The summed E-state index contributed by atoms with van der Waals surface area (Å²) in [4.78, 5) is 40.9. The number of H-pyrrole nitrogens is 1. The van der Waals surface area contributed by atoms with Crippen molar-refractivity contribution in [1.29, 1.82) is 0 Å². The zero-order chi connectivity index (χ0) is 21.0. The number of aromatic nitrogens is 2. The van der Waals surface area contributed by atoms with Gasteiger partial charge in [0, 0.05) is 13.6 Å². The maximum atomic E-state index is 12.7. The fourth-order valence-corrected chi connectivity index (χ4v) is 3.92. The van der Waals surface area contributed by atoms with Gasteiger partial charge in [-0.2, -0.15) is 0 Å². The molecule has 0 saturated heterocycles. The molecule has 156 valence electrons. The van der Waals surface area contributed by atoms with E-state index in [4.69, 9.17) is 5.73 Å². The number of anilines is 2. The number of likely N-dealkylation sites (N-methyl/N-ethyl adjacent to an activating group) is 1. The fraction of sp³-hybridized carbons (Fsp3) is 0.476. The van der Waals surface area contributed by atoms with Gasteiger partial charge in [0.25, 0.3) is 5.56 Å². The smallest absolute Gasteiger partial charge is 0.330 e. The van der Waals surface area contributed by atoms with Gasteiger partial charge in [-0.25, -0.2) is 4.79 Å². The Morgan fingerprint density at radius 3 is 2.86 bits per heavy atom. The lowest BCUT2D eigenvalue weighted by Crippen LogP contribution is -2.42. The van der Waals surface area contributed by atoms with Gasteiger partial charge in [0.05, 0.1) is 12.6 Å². The van der Waals surface area contributed by atoms with E-state index in [2.05, 4.69) is 22.4 Å². The Hall–Kier alpha value is -3.03. The molecule has 4 N–H and O–H groups in total. The first-order valence-corrected chi connectivity index (χ1v) is 10.1. The van der Waals surface area contributed by atoms with Crippen LogP contribution in [-0.4, -0.2) is 29.1 Å². The highest BCUT2D eigenvalue weighted by Crippen LogP contribution is 2.29. The Morgan fingerprint density at radius 2 is 2.10 bits per heavy atom. The molecule has 8 nitrogen and oxygen atoms in total. The molecule has 2 aromatic rings. The largest absolute Gasteiger partial charge is 0.383 e. The molecular weight excluding hydrogens is 370 g/mol. The Kier molecular flexibility index (Phi) is 6.41. The molecule has 8 heteroatoms. The number of unbranched alkanes of at least 4 members (excludes halogenated alkanes) is 1. The first-order chi connectivity index (χ1) is 13.9. The van der Waals surface area contributed by atoms with Crippen molar-refractivity contribution in [2.24, 2.45) is 0 Å². The number of nitrogens with zero attached hydrogens (tertiary/aromatic N) is 2. The van der Waals surface area contributed by atoms with Crippen molar-refractivity contribution < 1.29 is 4.79 Å². The molecule has 0 bridgehead atoms. The minimum Gasteiger partial charge on any atom is -0.383 e. The van der Waals surface area contributed by atoms with E-state index >= 15 is 0 Å². The van der Waals surface area contributed by atoms with Crippen molar-refractivity contribution in [1.82, 2.24) is 14.9 Å². The molecule has 1 unspecified atom stereocenters. The van der Waals surface area contributed by atoms with E-state index in [9.17, 15) is 14.4 Å². The number of aryl methyl sites for hydroxylation is 1. The summed E-state index contributed by atoms with van der Waals surface area (Å²) in [5, 5.41) is 3.07. The number of carbonyl (C=O) groups excluding carboxylic acids is 1. The number of hydrogen-bond donors (Lipinski definition) is 3. The minimum atomic E-state index is -0.585. The maximum absolute atomic E-state index is 12.7. The lowest BCUT2D eigenvalue weighted by Gasteiger charge is -2.28. The zero-order valence-corrected chi connectivity index (χ0v) is 17.0. The first-order valence-electron chi connectivity index (χ1n) is 10.1. The number of nitrogens with one attached hydrogen (secondary N) is 2. The molecule has 0 fully saturated rings. The first kappa shape index (κ1) is 20.7. The van der Waals surface area contributed by atoms with Crippen LogP contribution < -0.4 is 27.2 Å². The number of amides is 1.